The normalized spacial score (nSPS) is 11.7. The minimum Gasteiger partial charge on any atom is -0.480 e. The number of aliphatic hydroxyl groups excluding tert-OH is 1. The van der Waals surface area contributed by atoms with Crippen molar-refractivity contribution < 1.29 is 18.6 Å². The average molecular weight is 281 g/mol. The van der Waals surface area contributed by atoms with E-state index < -0.39 is 19.1 Å². The Kier molecular flexibility index (Phi) is 5.24. The number of nitrogens with zero attached hydrogens (tertiary/aromatic N) is 2. The van der Waals surface area contributed by atoms with Gasteiger partial charge in [-0.1, -0.05) is 11.3 Å². The summed E-state index contributed by atoms with van der Waals surface area (Å²) in [6.45, 7) is -1.52. The Bertz CT molecular complexity index is 385. The van der Waals surface area contributed by atoms with E-state index in [1.807, 2.05) is 19.0 Å². The van der Waals surface area contributed by atoms with E-state index in [0.29, 0.717) is 5.88 Å². The lowest BCUT2D eigenvalue weighted by Gasteiger charge is -2.13. The second-order valence-electron chi connectivity index (χ2n) is 3.94. The number of hydrogen-bond acceptors (Lipinski definition) is 6. The van der Waals surface area contributed by atoms with E-state index in [-0.39, 0.29) is 6.54 Å². The molecule has 1 aromatic rings. The first-order chi connectivity index (χ1) is 8.39. The molecule has 0 atom stereocenters. The molecule has 0 amide bonds. The number of rotatable bonds is 7. The van der Waals surface area contributed by atoms with Crippen molar-refractivity contribution in [1.82, 2.24) is 10.3 Å². The molecule has 1 aromatic heterocycles. The highest BCUT2D eigenvalue weighted by atomic mass is 32.1. The first-order valence-electron chi connectivity index (χ1n) is 5.30. The maximum absolute atomic E-state index is 12.8. The number of alkyl halides is 2. The van der Waals surface area contributed by atoms with E-state index in [1.54, 1.807) is 0 Å². The van der Waals surface area contributed by atoms with Gasteiger partial charge in [-0.3, -0.25) is 0 Å². The molecule has 0 fully saturated rings. The molecule has 104 valence electrons. The van der Waals surface area contributed by atoms with Crippen LogP contribution < -0.4 is 15.0 Å². The third-order valence-corrected chi connectivity index (χ3v) is 3.33. The molecule has 0 bridgehead atoms. The summed E-state index contributed by atoms with van der Waals surface area (Å²) in [7, 11) is 5.17. The van der Waals surface area contributed by atoms with Crippen molar-refractivity contribution in [2.75, 3.05) is 39.3 Å². The Hall–Kier alpha value is -0.990. The molecule has 1 heterocycles. The van der Waals surface area contributed by atoms with Crippen molar-refractivity contribution in [3.05, 3.63) is 4.88 Å². The minimum absolute atomic E-state index is 0.226. The van der Waals surface area contributed by atoms with E-state index in [1.165, 1.54) is 18.4 Å². The van der Waals surface area contributed by atoms with Crippen LogP contribution in [0.15, 0.2) is 0 Å². The molecule has 0 spiro atoms. The van der Waals surface area contributed by atoms with Crippen LogP contribution in [0.5, 0.6) is 5.88 Å². The van der Waals surface area contributed by atoms with Crippen LogP contribution >= 0.6 is 11.3 Å². The Balaban J connectivity index is 2.61. The van der Waals surface area contributed by atoms with Gasteiger partial charge in [0.15, 0.2) is 5.13 Å². The summed E-state index contributed by atoms with van der Waals surface area (Å²) in [5.74, 6) is -2.68. The van der Waals surface area contributed by atoms with Crippen LogP contribution in [0.3, 0.4) is 0 Å². The van der Waals surface area contributed by atoms with Crippen molar-refractivity contribution in [3.8, 4) is 5.88 Å². The van der Waals surface area contributed by atoms with Crippen molar-refractivity contribution in [2.24, 2.45) is 0 Å². The molecule has 0 aromatic carbocycles. The summed E-state index contributed by atoms with van der Waals surface area (Å²) < 4.78 is 30.7. The van der Waals surface area contributed by atoms with Gasteiger partial charge in [-0.2, -0.15) is 4.98 Å². The highest BCUT2D eigenvalue weighted by Crippen LogP contribution is 2.30. The van der Waals surface area contributed by atoms with Crippen molar-refractivity contribution in [3.63, 3.8) is 0 Å². The SMILES string of the molecule is COc1nc(N(C)C)sc1CNCC(F)(F)CO. The van der Waals surface area contributed by atoms with Gasteiger partial charge in [0.25, 0.3) is 5.92 Å². The highest BCUT2D eigenvalue weighted by molar-refractivity contribution is 7.15. The Morgan fingerprint density at radius 3 is 2.67 bits per heavy atom. The number of ether oxygens (including phenoxy) is 1. The van der Waals surface area contributed by atoms with Crippen LogP contribution in [0, 0.1) is 0 Å². The second kappa shape index (κ2) is 6.26. The average Bonchev–Trinajstić information content (AvgIpc) is 2.72. The number of hydrogen-bond donors (Lipinski definition) is 2. The molecular weight excluding hydrogens is 264 g/mol. The first-order valence-corrected chi connectivity index (χ1v) is 6.11. The summed E-state index contributed by atoms with van der Waals surface area (Å²) >= 11 is 1.37. The summed E-state index contributed by atoms with van der Waals surface area (Å²) in [5, 5.41) is 11.8. The smallest absolute Gasteiger partial charge is 0.282 e. The number of anilines is 1. The van der Waals surface area contributed by atoms with Gasteiger partial charge in [-0.15, -0.1) is 0 Å². The zero-order chi connectivity index (χ0) is 13.8. The topological polar surface area (TPSA) is 57.6 Å². The third kappa shape index (κ3) is 4.04. The molecule has 1 rings (SSSR count). The van der Waals surface area contributed by atoms with Gasteiger partial charge in [-0.25, -0.2) is 8.78 Å². The van der Waals surface area contributed by atoms with Gasteiger partial charge in [0.05, 0.1) is 18.5 Å². The number of methoxy groups -OCH3 is 1. The maximum Gasteiger partial charge on any atom is 0.282 e. The molecule has 0 radical (unpaired) electrons. The quantitative estimate of drug-likeness (QED) is 0.779. The number of nitrogens with one attached hydrogen (secondary N) is 1. The fourth-order valence-electron chi connectivity index (χ4n) is 1.20. The maximum atomic E-state index is 12.8. The first kappa shape index (κ1) is 15.1. The van der Waals surface area contributed by atoms with E-state index in [0.717, 1.165) is 10.0 Å². The molecule has 0 unspecified atom stereocenters. The van der Waals surface area contributed by atoms with Crippen LogP contribution in [-0.2, 0) is 6.54 Å². The fraction of sp³-hybridized carbons (Fsp3) is 0.700. The molecule has 18 heavy (non-hydrogen) atoms. The minimum atomic E-state index is -3.11. The molecule has 0 aliphatic heterocycles. The van der Waals surface area contributed by atoms with E-state index >= 15 is 0 Å². The van der Waals surface area contributed by atoms with Gasteiger partial charge in [0.2, 0.25) is 5.88 Å². The Morgan fingerprint density at radius 2 is 2.17 bits per heavy atom. The van der Waals surface area contributed by atoms with Gasteiger partial charge < -0.3 is 20.1 Å². The molecule has 0 aliphatic rings. The lowest BCUT2D eigenvalue weighted by Crippen LogP contribution is -2.35. The lowest BCUT2D eigenvalue weighted by atomic mass is 10.3. The highest BCUT2D eigenvalue weighted by Gasteiger charge is 2.27. The summed E-state index contributed by atoms with van der Waals surface area (Å²) in [6.07, 6.45) is 0. The van der Waals surface area contributed by atoms with Gasteiger partial charge >= 0.3 is 0 Å². The summed E-state index contributed by atoms with van der Waals surface area (Å²) in [5.41, 5.74) is 0. The Labute approximate surface area is 108 Å². The predicted molar refractivity (Wildman–Crippen MR) is 66.7 cm³/mol. The molecule has 5 nitrogen and oxygen atoms in total. The van der Waals surface area contributed by atoms with Gasteiger partial charge in [0, 0.05) is 20.6 Å². The van der Waals surface area contributed by atoms with Crippen molar-refractivity contribution in [2.45, 2.75) is 12.5 Å². The van der Waals surface area contributed by atoms with Gasteiger partial charge in [0.1, 0.15) is 6.61 Å². The van der Waals surface area contributed by atoms with Crippen LogP contribution in [0.25, 0.3) is 0 Å². The molecule has 8 heteroatoms. The number of aromatic nitrogens is 1. The van der Waals surface area contributed by atoms with Crippen LogP contribution in [0.1, 0.15) is 4.88 Å². The van der Waals surface area contributed by atoms with Crippen molar-refractivity contribution >= 4 is 16.5 Å². The fourth-order valence-corrected chi connectivity index (χ4v) is 2.13. The lowest BCUT2D eigenvalue weighted by molar-refractivity contribution is -0.0477. The zero-order valence-electron chi connectivity index (χ0n) is 10.5. The van der Waals surface area contributed by atoms with Crippen LogP contribution in [0.4, 0.5) is 13.9 Å². The van der Waals surface area contributed by atoms with E-state index in [4.69, 9.17) is 9.84 Å². The van der Waals surface area contributed by atoms with Crippen LogP contribution in [-0.4, -0.2) is 50.4 Å². The Morgan fingerprint density at radius 1 is 1.50 bits per heavy atom. The molecule has 0 aliphatic carbocycles. The molecular formula is C10H17F2N3O2S. The second-order valence-corrected chi connectivity index (χ2v) is 5.00. The van der Waals surface area contributed by atoms with E-state index in [2.05, 4.69) is 10.3 Å². The largest absolute Gasteiger partial charge is 0.480 e. The number of aliphatic hydroxyl groups is 1. The summed E-state index contributed by atoms with van der Waals surface area (Å²) in [4.78, 5) is 6.77. The number of thiazole rings is 1. The molecule has 2 N–H and O–H groups in total. The monoisotopic (exact) mass is 281 g/mol. The standard InChI is InChI=1S/C10H17F2N3O2S/c1-15(2)9-14-8(17-3)7(18-9)4-13-5-10(11,12)6-16/h13,16H,4-6H2,1-3H3. The third-order valence-electron chi connectivity index (χ3n) is 2.13. The van der Waals surface area contributed by atoms with E-state index in [9.17, 15) is 8.78 Å². The zero-order valence-corrected chi connectivity index (χ0v) is 11.4. The van der Waals surface area contributed by atoms with Crippen molar-refractivity contribution in [1.29, 1.82) is 0 Å². The predicted octanol–water partition coefficient (Wildman–Crippen LogP) is 0.935. The molecule has 0 saturated carbocycles. The molecule has 0 saturated heterocycles. The number of halogens is 2. The van der Waals surface area contributed by atoms with Crippen LogP contribution in [0.2, 0.25) is 0 Å². The van der Waals surface area contributed by atoms with Gasteiger partial charge in [-0.05, 0) is 0 Å². The summed E-state index contributed by atoms with van der Waals surface area (Å²) in [6, 6.07) is 0.